The Hall–Kier alpha value is -1.30. The van der Waals surface area contributed by atoms with Crippen molar-refractivity contribution in [3.63, 3.8) is 0 Å². The van der Waals surface area contributed by atoms with Crippen LogP contribution in [0.2, 0.25) is 0 Å². The third-order valence-corrected chi connectivity index (χ3v) is 2.48. The van der Waals surface area contributed by atoms with E-state index in [4.69, 9.17) is 0 Å². The molecule has 14 heavy (non-hydrogen) atoms. The normalized spacial score (nSPS) is 13.5. The molecule has 0 radical (unpaired) electrons. The largest absolute Gasteiger partial charge is 0.248 e. The van der Waals surface area contributed by atoms with Crippen molar-refractivity contribution >= 4 is 0 Å². The minimum absolute atomic E-state index is 0.901. The quantitative estimate of drug-likeness (QED) is 0.524. The maximum Gasteiger partial charge on any atom is 0.158 e. The average Bonchev–Trinajstić information content (AvgIpc) is 2.75. The van der Waals surface area contributed by atoms with Crippen molar-refractivity contribution in [3.05, 3.63) is 11.4 Å². The average molecular weight is 189 g/mol. The zero-order valence-corrected chi connectivity index (χ0v) is 8.58. The van der Waals surface area contributed by atoms with Crippen LogP contribution in [0.25, 0.3) is 0 Å². The van der Waals surface area contributed by atoms with Gasteiger partial charge in [-0.15, -0.1) is 5.10 Å². The van der Waals surface area contributed by atoms with E-state index in [1.807, 2.05) is 4.68 Å². The van der Waals surface area contributed by atoms with Gasteiger partial charge in [-0.1, -0.05) is 24.5 Å². The Bertz CT molecular complexity index is 368. The van der Waals surface area contributed by atoms with E-state index in [9.17, 15) is 0 Å². The number of aromatic nitrogens is 3. The Kier molecular flexibility index (Phi) is 2.83. The van der Waals surface area contributed by atoms with E-state index in [0.29, 0.717) is 0 Å². The predicted molar refractivity (Wildman–Crippen MR) is 54.7 cm³/mol. The molecule has 0 spiro atoms. The lowest BCUT2D eigenvalue weighted by Crippen LogP contribution is -1.93. The lowest BCUT2D eigenvalue weighted by atomic mass is 10.2. The summed E-state index contributed by atoms with van der Waals surface area (Å²) in [6.07, 6.45) is 5.63. The molecule has 0 saturated heterocycles. The van der Waals surface area contributed by atoms with Gasteiger partial charge < -0.3 is 0 Å². The Morgan fingerprint density at radius 3 is 3.29 bits per heavy atom. The molecule has 0 amide bonds. The number of nitrogens with zero attached hydrogens (tertiary/aromatic N) is 3. The molecule has 2 heterocycles. The smallest absolute Gasteiger partial charge is 0.158 e. The van der Waals surface area contributed by atoms with E-state index in [-0.39, 0.29) is 0 Å². The maximum atomic E-state index is 4.07. The second-order valence-corrected chi connectivity index (χ2v) is 3.62. The summed E-state index contributed by atoms with van der Waals surface area (Å²) in [5.41, 5.74) is 2.13. The molecule has 2 rings (SSSR count). The monoisotopic (exact) mass is 189 g/mol. The first kappa shape index (κ1) is 9.26. The van der Waals surface area contributed by atoms with Crippen LogP contribution in [-0.2, 0) is 13.0 Å². The summed E-state index contributed by atoms with van der Waals surface area (Å²) in [6.45, 7) is 3.19. The molecule has 3 nitrogen and oxygen atoms in total. The van der Waals surface area contributed by atoms with Crippen LogP contribution in [0.4, 0.5) is 0 Å². The van der Waals surface area contributed by atoms with Crippen LogP contribution in [0.15, 0.2) is 0 Å². The highest BCUT2D eigenvalue weighted by Crippen LogP contribution is 2.14. The molecule has 74 valence electrons. The van der Waals surface area contributed by atoms with E-state index in [1.165, 1.54) is 25.0 Å². The minimum atomic E-state index is 0.901. The van der Waals surface area contributed by atoms with E-state index in [1.54, 1.807) is 0 Å². The fourth-order valence-corrected chi connectivity index (χ4v) is 1.66. The maximum absolute atomic E-state index is 4.07. The number of hydrogen-bond donors (Lipinski definition) is 0. The highest BCUT2D eigenvalue weighted by Gasteiger charge is 2.15. The van der Waals surface area contributed by atoms with E-state index < -0.39 is 0 Å². The van der Waals surface area contributed by atoms with Gasteiger partial charge in [-0.05, 0) is 25.2 Å². The Morgan fingerprint density at radius 1 is 1.50 bits per heavy atom. The number of aryl methyl sites for hydroxylation is 1. The van der Waals surface area contributed by atoms with Gasteiger partial charge in [0.05, 0.1) is 5.69 Å². The van der Waals surface area contributed by atoms with Crippen LogP contribution in [0, 0.1) is 11.8 Å². The van der Waals surface area contributed by atoms with Gasteiger partial charge in [0, 0.05) is 13.0 Å². The first-order valence-corrected chi connectivity index (χ1v) is 5.33. The molecule has 3 heteroatoms. The van der Waals surface area contributed by atoms with E-state index in [0.717, 1.165) is 25.1 Å². The van der Waals surface area contributed by atoms with Gasteiger partial charge in [0.1, 0.15) is 0 Å². The van der Waals surface area contributed by atoms with Crippen LogP contribution in [0.5, 0.6) is 0 Å². The highest BCUT2D eigenvalue weighted by atomic mass is 15.4. The predicted octanol–water partition coefficient (Wildman–Crippen LogP) is 1.77. The molecule has 1 aliphatic heterocycles. The highest BCUT2D eigenvalue weighted by molar-refractivity contribution is 5.32. The van der Waals surface area contributed by atoms with Crippen molar-refractivity contribution in [3.8, 4) is 11.8 Å². The van der Waals surface area contributed by atoms with E-state index in [2.05, 4.69) is 29.1 Å². The Morgan fingerprint density at radius 2 is 2.43 bits per heavy atom. The van der Waals surface area contributed by atoms with Gasteiger partial charge >= 0.3 is 0 Å². The van der Waals surface area contributed by atoms with Gasteiger partial charge in [0.2, 0.25) is 0 Å². The van der Waals surface area contributed by atoms with Gasteiger partial charge in [-0.2, -0.15) is 0 Å². The number of rotatable bonds is 2. The first-order chi connectivity index (χ1) is 6.92. The van der Waals surface area contributed by atoms with Crippen molar-refractivity contribution in [2.75, 3.05) is 0 Å². The van der Waals surface area contributed by atoms with Crippen molar-refractivity contribution in [1.29, 1.82) is 0 Å². The second kappa shape index (κ2) is 4.28. The summed E-state index contributed by atoms with van der Waals surface area (Å²) >= 11 is 0. The summed E-state index contributed by atoms with van der Waals surface area (Å²) in [5.74, 6) is 6.27. The zero-order valence-electron chi connectivity index (χ0n) is 8.58. The van der Waals surface area contributed by atoms with Crippen LogP contribution in [0.1, 0.15) is 44.0 Å². The molecule has 0 fully saturated rings. The molecule has 0 unspecified atom stereocenters. The molecule has 0 aliphatic carbocycles. The summed E-state index contributed by atoms with van der Waals surface area (Å²) in [6, 6.07) is 0. The summed E-state index contributed by atoms with van der Waals surface area (Å²) in [7, 11) is 0. The fraction of sp³-hybridized carbons (Fsp3) is 0.636. The molecule has 1 aromatic rings. The lowest BCUT2D eigenvalue weighted by molar-refractivity contribution is 0.623. The second-order valence-electron chi connectivity index (χ2n) is 3.62. The molecule has 0 aromatic carbocycles. The summed E-state index contributed by atoms with van der Waals surface area (Å²) in [5, 5.41) is 8.13. The lowest BCUT2D eigenvalue weighted by Gasteiger charge is -1.88. The SMILES string of the molecule is CCCCC#Cc1nnn2c1CCC2. The minimum Gasteiger partial charge on any atom is -0.248 e. The molecule has 0 atom stereocenters. The number of hydrogen-bond acceptors (Lipinski definition) is 2. The number of unbranched alkanes of at least 4 members (excludes halogenated alkanes) is 2. The fourth-order valence-electron chi connectivity index (χ4n) is 1.66. The van der Waals surface area contributed by atoms with Gasteiger partial charge in [-0.25, -0.2) is 4.68 Å². The zero-order chi connectivity index (χ0) is 9.80. The van der Waals surface area contributed by atoms with Gasteiger partial charge in [-0.3, -0.25) is 0 Å². The van der Waals surface area contributed by atoms with Crippen molar-refractivity contribution in [2.45, 2.75) is 45.6 Å². The van der Waals surface area contributed by atoms with Crippen LogP contribution < -0.4 is 0 Å². The third kappa shape index (κ3) is 1.79. The number of fused-ring (bicyclic) bond motifs is 1. The molecule has 1 aliphatic rings. The summed E-state index contributed by atoms with van der Waals surface area (Å²) < 4.78 is 1.98. The Labute approximate surface area is 84.5 Å². The third-order valence-electron chi connectivity index (χ3n) is 2.48. The van der Waals surface area contributed by atoms with Crippen molar-refractivity contribution in [1.82, 2.24) is 15.0 Å². The van der Waals surface area contributed by atoms with Gasteiger partial charge in [0.25, 0.3) is 0 Å². The van der Waals surface area contributed by atoms with Crippen LogP contribution >= 0.6 is 0 Å². The Balaban J connectivity index is 2.05. The molecular formula is C11H15N3. The molecule has 1 aromatic heterocycles. The van der Waals surface area contributed by atoms with Crippen LogP contribution in [-0.4, -0.2) is 15.0 Å². The summed E-state index contributed by atoms with van der Waals surface area (Å²) in [4.78, 5) is 0. The van der Waals surface area contributed by atoms with Crippen LogP contribution in [0.3, 0.4) is 0 Å². The molecule has 0 N–H and O–H groups in total. The van der Waals surface area contributed by atoms with Crippen molar-refractivity contribution in [2.24, 2.45) is 0 Å². The van der Waals surface area contributed by atoms with Gasteiger partial charge in [0.15, 0.2) is 5.69 Å². The molecule has 0 bridgehead atoms. The standard InChI is InChI=1S/C11H15N3/c1-2-3-4-5-7-10-11-8-6-9-14(11)13-12-10/h2-4,6,8-9H2,1H3. The first-order valence-electron chi connectivity index (χ1n) is 5.33. The van der Waals surface area contributed by atoms with Crippen molar-refractivity contribution < 1.29 is 0 Å². The topological polar surface area (TPSA) is 30.7 Å². The molecular weight excluding hydrogens is 174 g/mol. The molecule has 0 saturated carbocycles. The van der Waals surface area contributed by atoms with E-state index >= 15 is 0 Å².